The quantitative estimate of drug-likeness (QED) is 0.164. The molecular weight excluding hydrogens is 744 g/mol. The van der Waals surface area contributed by atoms with Gasteiger partial charge in [0.2, 0.25) is 0 Å². The van der Waals surface area contributed by atoms with Crippen molar-refractivity contribution in [2.75, 3.05) is 9.80 Å². The third-order valence-electron chi connectivity index (χ3n) is 14.2. The van der Waals surface area contributed by atoms with E-state index in [4.69, 9.17) is 0 Å². The molecule has 4 heteroatoms. The van der Waals surface area contributed by atoms with Crippen LogP contribution in [-0.2, 0) is 16.2 Å². The maximum Gasteiger partial charge on any atom is 0.252 e. The molecule has 60 heavy (non-hydrogen) atoms. The number of anilines is 6. The lowest BCUT2D eigenvalue weighted by molar-refractivity contribution is 0.332. The Morgan fingerprint density at radius 2 is 1.23 bits per heavy atom. The van der Waals surface area contributed by atoms with Gasteiger partial charge in [0.15, 0.2) is 0 Å². The molecule has 0 atom stereocenters. The summed E-state index contributed by atoms with van der Waals surface area (Å²) in [5, 5.41) is 2.67. The summed E-state index contributed by atoms with van der Waals surface area (Å²) in [7, 11) is 0. The fourth-order valence-corrected chi connectivity index (χ4v) is 12.0. The third-order valence-corrected chi connectivity index (χ3v) is 15.4. The van der Waals surface area contributed by atoms with Gasteiger partial charge in [0.1, 0.15) is 0 Å². The van der Waals surface area contributed by atoms with E-state index < -0.39 is 0 Å². The number of aryl methyl sites for hydroxylation is 2. The number of hydrogen-bond acceptors (Lipinski definition) is 3. The largest absolute Gasteiger partial charge is 0.311 e. The van der Waals surface area contributed by atoms with Crippen molar-refractivity contribution >= 4 is 88.7 Å². The van der Waals surface area contributed by atoms with Crippen molar-refractivity contribution in [2.45, 2.75) is 91.4 Å². The molecule has 0 bridgehead atoms. The highest BCUT2D eigenvalue weighted by Gasteiger charge is 2.46. The second kappa shape index (κ2) is 13.0. The van der Waals surface area contributed by atoms with Gasteiger partial charge in [-0.2, -0.15) is 0 Å². The normalized spacial score (nSPS) is 16.1. The van der Waals surface area contributed by atoms with Crippen LogP contribution in [-0.4, -0.2) is 6.71 Å². The second-order valence-electron chi connectivity index (χ2n) is 20.2. The Hall–Kier alpha value is -5.58. The number of para-hydroxylation sites is 1. The average molecular weight is 797 g/mol. The zero-order valence-electron chi connectivity index (χ0n) is 36.5. The summed E-state index contributed by atoms with van der Waals surface area (Å²) >= 11 is 1.91. The molecule has 0 unspecified atom stereocenters. The summed E-state index contributed by atoms with van der Waals surface area (Å²) < 4.78 is 2.65. The Balaban J connectivity index is 1.29. The Kier molecular flexibility index (Phi) is 8.09. The number of fused-ring (bicyclic) bond motifs is 9. The minimum Gasteiger partial charge on any atom is -0.311 e. The van der Waals surface area contributed by atoms with Crippen molar-refractivity contribution in [3.05, 3.63) is 161 Å². The molecule has 3 heterocycles. The first-order valence-electron chi connectivity index (χ1n) is 21.8. The molecule has 7 aromatic carbocycles. The molecule has 1 aliphatic carbocycles. The summed E-state index contributed by atoms with van der Waals surface area (Å²) in [6, 6.07) is 51.4. The molecule has 0 saturated carbocycles. The monoisotopic (exact) mass is 796 g/mol. The standard InChI is InChI=1S/C56H53BN2S/c1-34-29-47-52-48(30-34)59(44-21-15-13-19-38(44)36-17-11-10-12-18-36)53-42(24-26-50-51(53)39-20-14-16-22-49(39)60-50)57(52)43-32-37(54(3,4)5)23-25-45(43)58(47)46-33-41-40(31-35(46)2)55(6,7)27-28-56(41,8)9/h10-26,29-33H,27-28H2,1-9H3. The van der Waals surface area contributed by atoms with Gasteiger partial charge in [-0.05, 0) is 135 Å². The van der Waals surface area contributed by atoms with Crippen molar-refractivity contribution in [3.63, 3.8) is 0 Å². The topological polar surface area (TPSA) is 6.48 Å². The van der Waals surface area contributed by atoms with E-state index in [-0.39, 0.29) is 23.0 Å². The molecule has 1 aromatic heterocycles. The molecule has 2 aliphatic heterocycles. The Labute approximate surface area is 360 Å². The maximum absolute atomic E-state index is 2.66. The SMILES string of the molecule is Cc1cc2c3c(c1)N(c1ccccc1-c1ccccc1)c1c(ccc4sc5ccccc5c14)B3c1cc(C(C)(C)C)ccc1N2c1cc2c(cc1C)C(C)(C)CCC2(C)C. The van der Waals surface area contributed by atoms with Crippen LogP contribution in [0.2, 0.25) is 0 Å². The van der Waals surface area contributed by atoms with Crippen molar-refractivity contribution < 1.29 is 0 Å². The number of rotatable bonds is 3. The van der Waals surface area contributed by atoms with Gasteiger partial charge in [-0.3, -0.25) is 0 Å². The first-order valence-corrected chi connectivity index (χ1v) is 22.7. The fourth-order valence-electron chi connectivity index (χ4n) is 10.9. The van der Waals surface area contributed by atoms with Crippen LogP contribution >= 0.6 is 11.3 Å². The molecule has 0 amide bonds. The molecule has 2 nitrogen and oxygen atoms in total. The third kappa shape index (κ3) is 5.45. The predicted molar refractivity (Wildman–Crippen MR) is 262 cm³/mol. The summed E-state index contributed by atoms with van der Waals surface area (Å²) in [4.78, 5) is 5.31. The highest BCUT2D eigenvalue weighted by molar-refractivity contribution is 7.26. The van der Waals surface area contributed by atoms with Crippen LogP contribution in [0.15, 0.2) is 133 Å². The summed E-state index contributed by atoms with van der Waals surface area (Å²) in [5.41, 5.74) is 21.4. The van der Waals surface area contributed by atoms with Crippen molar-refractivity contribution in [1.29, 1.82) is 0 Å². The Morgan fingerprint density at radius 3 is 1.98 bits per heavy atom. The van der Waals surface area contributed by atoms with Gasteiger partial charge < -0.3 is 9.80 Å². The Morgan fingerprint density at radius 1 is 0.567 bits per heavy atom. The number of nitrogens with zero attached hydrogens (tertiary/aromatic N) is 2. The molecule has 296 valence electrons. The number of hydrogen-bond donors (Lipinski definition) is 0. The van der Waals surface area contributed by atoms with Gasteiger partial charge in [-0.15, -0.1) is 11.3 Å². The minimum absolute atomic E-state index is 0.0146. The number of thiophene rings is 1. The first kappa shape index (κ1) is 37.4. The van der Waals surface area contributed by atoms with Gasteiger partial charge in [0.25, 0.3) is 6.71 Å². The van der Waals surface area contributed by atoms with Crippen LogP contribution < -0.4 is 26.2 Å². The van der Waals surface area contributed by atoms with Crippen molar-refractivity contribution in [2.24, 2.45) is 0 Å². The predicted octanol–water partition coefficient (Wildman–Crippen LogP) is 14.1. The van der Waals surface area contributed by atoms with Crippen LogP contribution in [0.4, 0.5) is 34.1 Å². The zero-order valence-corrected chi connectivity index (χ0v) is 37.3. The average Bonchev–Trinajstić information content (AvgIpc) is 3.61. The van der Waals surface area contributed by atoms with E-state index in [1.807, 2.05) is 11.3 Å². The highest BCUT2D eigenvalue weighted by atomic mass is 32.1. The van der Waals surface area contributed by atoms with E-state index in [9.17, 15) is 0 Å². The van der Waals surface area contributed by atoms with Crippen molar-refractivity contribution in [3.8, 4) is 11.1 Å². The van der Waals surface area contributed by atoms with Crippen LogP contribution in [0.5, 0.6) is 0 Å². The molecular formula is C56H53BN2S. The van der Waals surface area contributed by atoms with E-state index in [2.05, 4.69) is 206 Å². The first-order chi connectivity index (χ1) is 28.7. The molecule has 0 N–H and O–H groups in total. The maximum atomic E-state index is 2.66. The minimum atomic E-state index is -0.0146. The summed E-state index contributed by atoms with van der Waals surface area (Å²) in [6.07, 6.45) is 2.38. The van der Waals surface area contributed by atoms with E-state index in [1.165, 1.54) is 122 Å². The van der Waals surface area contributed by atoms with Crippen molar-refractivity contribution in [1.82, 2.24) is 0 Å². The van der Waals surface area contributed by atoms with Crippen LogP contribution in [0, 0.1) is 13.8 Å². The van der Waals surface area contributed by atoms with Gasteiger partial charge in [-0.25, -0.2) is 0 Å². The molecule has 0 spiro atoms. The Bertz CT molecular complexity index is 3070. The highest BCUT2D eigenvalue weighted by Crippen LogP contribution is 2.53. The molecule has 0 saturated heterocycles. The van der Waals surface area contributed by atoms with E-state index >= 15 is 0 Å². The molecule has 3 aliphatic rings. The van der Waals surface area contributed by atoms with Gasteiger partial charge in [0.05, 0.1) is 11.4 Å². The second-order valence-corrected chi connectivity index (χ2v) is 21.2. The summed E-state index contributed by atoms with van der Waals surface area (Å²) in [5.74, 6) is 0. The van der Waals surface area contributed by atoms with E-state index in [1.54, 1.807) is 0 Å². The summed E-state index contributed by atoms with van der Waals surface area (Å²) in [6.45, 7) is 21.5. The van der Waals surface area contributed by atoms with Crippen LogP contribution in [0.25, 0.3) is 31.3 Å². The van der Waals surface area contributed by atoms with Gasteiger partial charge in [-0.1, -0.05) is 139 Å². The van der Waals surface area contributed by atoms with Crippen LogP contribution in [0.3, 0.4) is 0 Å². The zero-order chi connectivity index (χ0) is 41.5. The lowest BCUT2D eigenvalue weighted by atomic mass is 9.33. The van der Waals surface area contributed by atoms with Gasteiger partial charge in [0, 0.05) is 48.5 Å². The molecule has 0 fully saturated rings. The fraction of sp³-hybridized carbons (Fsp3) is 0.250. The lowest BCUT2D eigenvalue weighted by Gasteiger charge is -2.46. The number of benzene rings is 7. The van der Waals surface area contributed by atoms with E-state index in [0.717, 1.165) is 0 Å². The lowest BCUT2D eigenvalue weighted by Crippen LogP contribution is -2.61. The smallest absolute Gasteiger partial charge is 0.252 e. The molecule has 0 radical (unpaired) electrons. The molecule has 11 rings (SSSR count). The molecule has 8 aromatic rings. The van der Waals surface area contributed by atoms with Crippen LogP contribution in [0.1, 0.15) is 89.1 Å². The van der Waals surface area contributed by atoms with E-state index in [0.29, 0.717) is 0 Å². The van der Waals surface area contributed by atoms with Gasteiger partial charge >= 0.3 is 0 Å².